The summed E-state index contributed by atoms with van der Waals surface area (Å²) in [6.07, 6.45) is 12.2. The number of hydrogen-bond acceptors (Lipinski definition) is 2. The normalized spacial score (nSPS) is 25.0. The minimum absolute atomic E-state index is 0.405. The minimum atomic E-state index is -1.43. The van der Waals surface area contributed by atoms with Gasteiger partial charge in [0.05, 0.1) is 0 Å². The van der Waals surface area contributed by atoms with Gasteiger partial charge in [-0.1, -0.05) is 38.5 Å². The molecule has 0 radical (unpaired) electrons. The first-order valence-corrected chi connectivity index (χ1v) is 10.8. The van der Waals surface area contributed by atoms with Gasteiger partial charge < -0.3 is 0 Å². The Morgan fingerprint density at radius 1 is 0.850 bits per heavy atom. The second kappa shape index (κ2) is 8.39. The number of hydrogen-bond donors (Lipinski definition) is 0. The van der Waals surface area contributed by atoms with Crippen LogP contribution in [-0.2, 0) is 15.4 Å². The van der Waals surface area contributed by atoms with Gasteiger partial charge in [-0.25, -0.2) is 8.39 Å². The predicted octanol–water partition coefficient (Wildman–Crippen LogP) is 5.35. The van der Waals surface area contributed by atoms with Crippen LogP contribution in [0.15, 0.2) is 0 Å². The maximum atomic E-state index is 12.7. The molecule has 2 aliphatic rings. The Bertz CT molecular complexity index is 308. The van der Waals surface area contributed by atoms with E-state index in [9.17, 15) is 4.21 Å². The van der Waals surface area contributed by atoms with Crippen LogP contribution in [0, 0.1) is 0 Å². The van der Waals surface area contributed by atoms with E-state index in [2.05, 4.69) is 52.1 Å². The topological polar surface area (TPSA) is 29.5 Å². The van der Waals surface area contributed by atoms with Gasteiger partial charge in [-0.2, -0.15) is 4.31 Å². The lowest BCUT2D eigenvalue weighted by Gasteiger charge is -2.39. The van der Waals surface area contributed by atoms with E-state index in [1.165, 1.54) is 38.5 Å². The lowest BCUT2D eigenvalue weighted by atomic mass is 9.91. The standard InChI is InChI=1S/C13H22Br3NO2S/c14-13(15,16)19-20(18)17(11-7-3-1-4-8-11)12-9-5-2-6-10-12/h11-12H,1-10H2. The van der Waals surface area contributed by atoms with E-state index in [-0.39, 0.29) is 0 Å². The van der Waals surface area contributed by atoms with Crippen LogP contribution in [0.1, 0.15) is 64.2 Å². The molecule has 0 aromatic heterocycles. The highest BCUT2D eigenvalue weighted by atomic mass is 80.0. The summed E-state index contributed by atoms with van der Waals surface area (Å²) >= 11 is 8.43. The van der Waals surface area contributed by atoms with E-state index < -0.39 is 13.6 Å². The summed E-state index contributed by atoms with van der Waals surface area (Å²) in [5.41, 5.74) is 0. The summed E-state index contributed by atoms with van der Waals surface area (Å²) in [6.45, 7) is 0. The van der Waals surface area contributed by atoms with Crippen LogP contribution in [0.2, 0.25) is 0 Å². The van der Waals surface area contributed by atoms with Gasteiger partial charge in [0.25, 0.3) is 0 Å². The third-order valence-corrected chi connectivity index (χ3v) is 6.67. The average Bonchev–Trinajstić information content (AvgIpc) is 2.39. The zero-order valence-electron chi connectivity index (χ0n) is 11.5. The van der Waals surface area contributed by atoms with E-state index in [1.54, 1.807) is 0 Å². The SMILES string of the molecule is O=S(OC(Br)(Br)Br)N(C1CCCCC1)C1CCCCC1. The van der Waals surface area contributed by atoms with Crippen molar-refractivity contribution in [2.24, 2.45) is 0 Å². The molecular formula is C13H22Br3NO2S. The largest absolute Gasteiger partial charge is 0.249 e. The van der Waals surface area contributed by atoms with Crippen LogP contribution in [0.5, 0.6) is 0 Å². The summed E-state index contributed by atoms with van der Waals surface area (Å²) in [5, 5.41) is 0. The fourth-order valence-electron chi connectivity index (χ4n) is 3.34. The van der Waals surface area contributed by atoms with Gasteiger partial charge in [0.15, 0.2) is 0 Å². The summed E-state index contributed by atoms with van der Waals surface area (Å²) < 4.78 is 19.5. The molecule has 20 heavy (non-hydrogen) atoms. The molecule has 118 valence electrons. The van der Waals surface area contributed by atoms with E-state index in [4.69, 9.17) is 4.18 Å². The molecule has 7 heteroatoms. The van der Waals surface area contributed by atoms with Crippen molar-refractivity contribution in [3.8, 4) is 0 Å². The second-order valence-electron chi connectivity index (χ2n) is 5.69. The van der Waals surface area contributed by atoms with E-state index in [1.807, 2.05) is 0 Å². The average molecular weight is 496 g/mol. The number of alkyl halides is 3. The molecule has 2 fully saturated rings. The van der Waals surface area contributed by atoms with Crippen molar-refractivity contribution < 1.29 is 8.39 Å². The van der Waals surface area contributed by atoms with Crippen molar-refractivity contribution in [3.05, 3.63) is 0 Å². The lowest BCUT2D eigenvalue weighted by molar-refractivity contribution is 0.159. The van der Waals surface area contributed by atoms with Crippen LogP contribution >= 0.6 is 47.8 Å². The number of halogens is 3. The molecule has 0 aliphatic heterocycles. The van der Waals surface area contributed by atoms with Gasteiger partial charge in [0, 0.05) is 12.1 Å². The van der Waals surface area contributed by atoms with Crippen molar-refractivity contribution in [1.82, 2.24) is 4.31 Å². The van der Waals surface area contributed by atoms with Crippen LogP contribution < -0.4 is 0 Å². The monoisotopic (exact) mass is 493 g/mol. The first kappa shape index (κ1) is 17.9. The van der Waals surface area contributed by atoms with E-state index in [0.29, 0.717) is 12.1 Å². The molecule has 1 atom stereocenters. The van der Waals surface area contributed by atoms with E-state index in [0.717, 1.165) is 25.7 Å². The van der Waals surface area contributed by atoms with Gasteiger partial charge in [-0.3, -0.25) is 0 Å². The zero-order valence-corrected chi connectivity index (χ0v) is 17.1. The molecule has 1 unspecified atom stereocenters. The summed E-state index contributed by atoms with van der Waals surface area (Å²) in [4.78, 5) is 0. The molecule has 0 heterocycles. The molecule has 2 aliphatic carbocycles. The van der Waals surface area contributed by atoms with Gasteiger partial charge in [0.1, 0.15) is 0 Å². The number of nitrogens with zero attached hydrogens (tertiary/aromatic N) is 1. The molecule has 3 nitrogen and oxygen atoms in total. The highest BCUT2D eigenvalue weighted by molar-refractivity contribution is 9.39. The van der Waals surface area contributed by atoms with Crippen LogP contribution in [0.25, 0.3) is 0 Å². The first-order chi connectivity index (χ1) is 9.47. The van der Waals surface area contributed by atoms with Gasteiger partial charge >= 0.3 is 0 Å². The van der Waals surface area contributed by atoms with Crippen molar-refractivity contribution >= 4 is 59.1 Å². The molecule has 0 saturated heterocycles. The highest BCUT2D eigenvalue weighted by Gasteiger charge is 2.36. The Labute approximate surface area is 149 Å². The lowest BCUT2D eigenvalue weighted by Crippen LogP contribution is -2.47. The molecule has 0 amide bonds. The summed E-state index contributed by atoms with van der Waals surface area (Å²) in [6, 6.07) is 0.810. The predicted molar refractivity (Wildman–Crippen MR) is 94.3 cm³/mol. The zero-order chi connectivity index (χ0) is 14.6. The summed E-state index contributed by atoms with van der Waals surface area (Å²) in [7, 11) is 0. The highest BCUT2D eigenvalue weighted by Crippen LogP contribution is 2.38. The Hall–Kier alpha value is 1.51. The Kier molecular flexibility index (Phi) is 7.49. The summed E-state index contributed by atoms with van der Waals surface area (Å²) in [5.74, 6) is 0. The third-order valence-electron chi connectivity index (χ3n) is 4.21. The maximum absolute atomic E-state index is 12.7. The first-order valence-electron chi connectivity index (χ1n) is 7.44. The molecule has 0 N–H and O–H groups in total. The van der Waals surface area contributed by atoms with Crippen molar-refractivity contribution in [3.63, 3.8) is 0 Å². The third kappa shape index (κ3) is 5.61. The maximum Gasteiger partial charge on any atom is 0.249 e. The molecular weight excluding hydrogens is 474 g/mol. The van der Waals surface area contributed by atoms with Crippen LogP contribution in [0.3, 0.4) is 0 Å². The second-order valence-corrected chi connectivity index (χ2v) is 13.3. The van der Waals surface area contributed by atoms with Gasteiger partial charge in [-0.15, -0.1) is 0 Å². The molecule has 2 rings (SSSR count). The fourth-order valence-corrected chi connectivity index (χ4v) is 5.51. The molecule has 0 bridgehead atoms. The van der Waals surface area contributed by atoms with Crippen LogP contribution in [-0.4, -0.2) is 22.9 Å². The number of rotatable bonds is 4. The molecule has 0 aromatic carbocycles. The smallest absolute Gasteiger partial charge is 0.237 e. The molecule has 0 aromatic rings. The minimum Gasteiger partial charge on any atom is -0.237 e. The Morgan fingerprint density at radius 3 is 1.60 bits per heavy atom. The van der Waals surface area contributed by atoms with Gasteiger partial charge in [-0.05, 0) is 73.5 Å². The Morgan fingerprint density at radius 2 is 1.25 bits per heavy atom. The van der Waals surface area contributed by atoms with E-state index >= 15 is 0 Å². The fraction of sp³-hybridized carbons (Fsp3) is 1.00. The van der Waals surface area contributed by atoms with Crippen molar-refractivity contribution in [2.45, 2.75) is 78.6 Å². The molecule has 2 saturated carbocycles. The van der Waals surface area contributed by atoms with Gasteiger partial charge in [0.2, 0.25) is 13.6 Å². The van der Waals surface area contributed by atoms with Crippen molar-refractivity contribution in [2.75, 3.05) is 0 Å². The van der Waals surface area contributed by atoms with Crippen LogP contribution in [0.4, 0.5) is 0 Å². The quantitative estimate of drug-likeness (QED) is 0.492. The molecule has 0 spiro atoms. The van der Waals surface area contributed by atoms with Crippen molar-refractivity contribution in [1.29, 1.82) is 0 Å². The Balaban J connectivity index is 2.07.